The van der Waals surface area contributed by atoms with E-state index < -0.39 is 17.7 Å². The summed E-state index contributed by atoms with van der Waals surface area (Å²) in [4.78, 5) is 11.9. The smallest absolute Gasteiger partial charge is 0.416 e. The van der Waals surface area contributed by atoms with Crippen molar-refractivity contribution in [3.05, 3.63) is 62.6 Å². The number of alkyl halides is 3. The zero-order valence-electron chi connectivity index (χ0n) is 10.5. The zero-order chi connectivity index (χ0) is 16.5. The summed E-state index contributed by atoms with van der Waals surface area (Å²) in [5, 5.41) is 0.262. The van der Waals surface area contributed by atoms with E-state index in [9.17, 15) is 18.0 Å². The van der Waals surface area contributed by atoms with E-state index in [4.69, 9.17) is 39.5 Å². The summed E-state index contributed by atoms with van der Waals surface area (Å²) in [6.45, 7) is 0. The molecule has 0 N–H and O–H groups in total. The van der Waals surface area contributed by atoms with Crippen LogP contribution in [0.25, 0.3) is 0 Å². The van der Waals surface area contributed by atoms with Gasteiger partial charge in [-0.15, -0.1) is 0 Å². The Morgan fingerprint density at radius 1 is 0.955 bits per heavy atom. The Hall–Kier alpha value is -1.43. The average molecular weight is 370 g/mol. The summed E-state index contributed by atoms with van der Waals surface area (Å²) < 4.78 is 42.8. The molecule has 0 radical (unpaired) electrons. The fourth-order valence-electron chi connectivity index (χ4n) is 1.56. The maximum atomic E-state index is 12.6. The first kappa shape index (κ1) is 16.9. The van der Waals surface area contributed by atoms with E-state index in [1.807, 2.05) is 0 Å². The second kappa shape index (κ2) is 6.36. The number of hydrogen-bond donors (Lipinski definition) is 0. The molecule has 0 unspecified atom stereocenters. The highest BCUT2D eigenvalue weighted by molar-refractivity contribution is 6.43. The third kappa shape index (κ3) is 3.85. The maximum absolute atomic E-state index is 12.6. The monoisotopic (exact) mass is 368 g/mol. The third-order valence-corrected chi connectivity index (χ3v) is 3.62. The number of esters is 1. The predicted molar refractivity (Wildman–Crippen MR) is 77.9 cm³/mol. The van der Waals surface area contributed by atoms with Gasteiger partial charge in [0.25, 0.3) is 0 Å². The molecule has 0 aliphatic rings. The Balaban J connectivity index is 2.29. The lowest BCUT2D eigenvalue weighted by Gasteiger charge is -2.10. The van der Waals surface area contributed by atoms with Crippen molar-refractivity contribution in [1.29, 1.82) is 0 Å². The van der Waals surface area contributed by atoms with E-state index in [1.165, 1.54) is 18.2 Å². The molecule has 0 saturated carbocycles. The van der Waals surface area contributed by atoms with Gasteiger partial charge >= 0.3 is 12.1 Å². The number of halogens is 6. The summed E-state index contributed by atoms with van der Waals surface area (Å²) in [5.41, 5.74) is -1.22. The van der Waals surface area contributed by atoms with Crippen LogP contribution in [-0.2, 0) is 6.18 Å². The Morgan fingerprint density at radius 3 is 2.23 bits per heavy atom. The van der Waals surface area contributed by atoms with Gasteiger partial charge in [0.05, 0.1) is 26.2 Å². The number of benzene rings is 2. The average Bonchev–Trinajstić information content (AvgIpc) is 2.44. The van der Waals surface area contributed by atoms with Gasteiger partial charge in [0.15, 0.2) is 5.75 Å². The Kier molecular flexibility index (Phi) is 4.90. The van der Waals surface area contributed by atoms with Crippen molar-refractivity contribution in [3.8, 4) is 5.75 Å². The lowest BCUT2D eigenvalue weighted by atomic mass is 10.1. The summed E-state index contributed by atoms with van der Waals surface area (Å²) >= 11 is 17.3. The highest BCUT2D eigenvalue weighted by Crippen LogP contribution is 2.34. The molecule has 2 aromatic rings. The van der Waals surface area contributed by atoms with E-state index in [0.717, 1.165) is 12.1 Å². The van der Waals surface area contributed by atoms with Gasteiger partial charge in [0, 0.05) is 6.07 Å². The summed E-state index contributed by atoms with van der Waals surface area (Å²) in [7, 11) is 0. The van der Waals surface area contributed by atoms with Crippen LogP contribution in [0.2, 0.25) is 15.1 Å². The molecule has 2 aromatic carbocycles. The molecular weight excluding hydrogens is 364 g/mol. The molecular formula is C14H6Cl3F3O2. The molecule has 0 spiro atoms. The van der Waals surface area contributed by atoms with Crippen molar-refractivity contribution in [2.24, 2.45) is 0 Å². The molecule has 0 aromatic heterocycles. The number of rotatable bonds is 2. The first-order chi connectivity index (χ1) is 10.2. The van der Waals surface area contributed by atoms with Gasteiger partial charge in [-0.1, -0.05) is 40.9 Å². The first-order valence-corrected chi connectivity index (χ1v) is 6.86. The molecule has 22 heavy (non-hydrogen) atoms. The Labute approximate surface area is 138 Å². The van der Waals surface area contributed by atoms with Crippen LogP contribution >= 0.6 is 34.8 Å². The van der Waals surface area contributed by atoms with Crippen LogP contribution in [0.15, 0.2) is 36.4 Å². The second-order valence-electron chi connectivity index (χ2n) is 4.16. The van der Waals surface area contributed by atoms with Crippen molar-refractivity contribution < 1.29 is 22.7 Å². The third-order valence-electron chi connectivity index (χ3n) is 2.60. The molecule has 8 heteroatoms. The Morgan fingerprint density at radius 2 is 1.59 bits per heavy atom. The minimum Gasteiger partial charge on any atom is -0.421 e. The van der Waals surface area contributed by atoms with Gasteiger partial charge in [-0.05, 0) is 24.3 Å². The minimum absolute atomic E-state index is 0.00901. The lowest BCUT2D eigenvalue weighted by Crippen LogP contribution is -2.11. The van der Waals surface area contributed by atoms with Gasteiger partial charge in [0.1, 0.15) is 0 Å². The van der Waals surface area contributed by atoms with Crippen LogP contribution in [0.5, 0.6) is 5.75 Å². The van der Waals surface area contributed by atoms with Crippen molar-refractivity contribution in [1.82, 2.24) is 0 Å². The standard InChI is InChI=1S/C14H6Cl3F3O2/c15-9-5-11(17)12(6-10(9)16)22-13(21)7-2-1-3-8(4-7)14(18,19)20/h1-6H. The minimum atomic E-state index is -4.56. The summed E-state index contributed by atoms with van der Waals surface area (Å²) in [6.07, 6.45) is -4.56. The fraction of sp³-hybridized carbons (Fsp3) is 0.0714. The molecule has 2 nitrogen and oxygen atoms in total. The van der Waals surface area contributed by atoms with E-state index >= 15 is 0 Å². The molecule has 116 valence electrons. The van der Waals surface area contributed by atoms with Crippen LogP contribution in [0.1, 0.15) is 15.9 Å². The first-order valence-electron chi connectivity index (χ1n) is 5.72. The van der Waals surface area contributed by atoms with E-state index in [2.05, 4.69) is 0 Å². The highest BCUT2D eigenvalue weighted by atomic mass is 35.5. The van der Waals surface area contributed by atoms with E-state index in [0.29, 0.717) is 6.07 Å². The van der Waals surface area contributed by atoms with Crippen LogP contribution < -0.4 is 4.74 Å². The second-order valence-corrected chi connectivity index (χ2v) is 5.39. The maximum Gasteiger partial charge on any atom is 0.416 e. The normalized spacial score (nSPS) is 11.4. The quantitative estimate of drug-likeness (QED) is 0.375. The molecule has 0 aliphatic carbocycles. The van der Waals surface area contributed by atoms with Gasteiger partial charge in [-0.2, -0.15) is 13.2 Å². The molecule has 0 saturated heterocycles. The van der Waals surface area contributed by atoms with Crippen molar-refractivity contribution in [2.75, 3.05) is 0 Å². The van der Waals surface area contributed by atoms with Crippen LogP contribution in [0.3, 0.4) is 0 Å². The van der Waals surface area contributed by atoms with Gasteiger partial charge in [-0.25, -0.2) is 4.79 Å². The van der Waals surface area contributed by atoms with Crippen molar-refractivity contribution in [3.63, 3.8) is 0 Å². The van der Waals surface area contributed by atoms with Crippen molar-refractivity contribution in [2.45, 2.75) is 6.18 Å². The van der Waals surface area contributed by atoms with Crippen molar-refractivity contribution >= 4 is 40.8 Å². The van der Waals surface area contributed by atoms with Gasteiger partial charge in [-0.3, -0.25) is 0 Å². The van der Waals surface area contributed by atoms with Gasteiger partial charge in [0.2, 0.25) is 0 Å². The SMILES string of the molecule is O=C(Oc1cc(Cl)c(Cl)cc1Cl)c1cccc(C(F)(F)F)c1. The Bertz CT molecular complexity index is 730. The summed E-state index contributed by atoms with van der Waals surface area (Å²) in [5.74, 6) is -1.09. The van der Waals surface area contributed by atoms with Crippen LogP contribution in [-0.4, -0.2) is 5.97 Å². The molecule has 0 atom stereocenters. The summed E-state index contributed by atoms with van der Waals surface area (Å²) in [6, 6.07) is 6.31. The van der Waals surface area contributed by atoms with E-state index in [-0.39, 0.29) is 26.4 Å². The number of ether oxygens (including phenoxy) is 1. The molecule has 0 heterocycles. The fourth-order valence-corrected chi connectivity index (χ4v) is 2.14. The van der Waals surface area contributed by atoms with Crippen LogP contribution in [0, 0.1) is 0 Å². The molecule has 2 rings (SSSR count). The topological polar surface area (TPSA) is 26.3 Å². The van der Waals surface area contributed by atoms with Crippen LogP contribution in [0.4, 0.5) is 13.2 Å². The predicted octanol–water partition coefficient (Wildman–Crippen LogP) is 5.88. The number of hydrogen-bond acceptors (Lipinski definition) is 2. The van der Waals surface area contributed by atoms with E-state index in [1.54, 1.807) is 0 Å². The number of carbonyl (C=O) groups excluding carboxylic acids is 1. The zero-order valence-corrected chi connectivity index (χ0v) is 12.8. The largest absolute Gasteiger partial charge is 0.421 e. The lowest BCUT2D eigenvalue weighted by molar-refractivity contribution is -0.137. The molecule has 0 fully saturated rings. The molecule has 0 bridgehead atoms. The molecule has 0 amide bonds. The molecule has 0 aliphatic heterocycles. The van der Waals surface area contributed by atoms with Gasteiger partial charge < -0.3 is 4.74 Å². The number of carbonyl (C=O) groups is 1. The highest BCUT2D eigenvalue weighted by Gasteiger charge is 2.31.